The molecule has 0 aliphatic rings. The Hall–Kier alpha value is -4.86. The van der Waals surface area contributed by atoms with Gasteiger partial charge >= 0.3 is 11.8 Å². The van der Waals surface area contributed by atoms with E-state index in [1.165, 1.54) is 6.21 Å². The lowest BCUT2D eigenvalue weighted by Crippen LogP contribution is -2.32. The van der Waals surface area contributed by atoms with E-state index in [1.807, 2.05) is 45.9 Å². The van der Waals surface area contributed by atoms with Gasteiger partial charge in [-0.2, -0.15) is 5.10 Å². The van der Waals surface area contributed by atoms with Crippen LogP contribution in [0.5, 0.6) is 17.2 Å². The van der Waals surface area contributed by atoms with Crippen molar-refractivity contribution in [1.82, 2.24) is 5.43 Å². The van der Waals surface area contributed by atoms with Crippen LogP contribution in [-0.2, 0) is 14.4 Å². The third-order valence-electron chi connectivity index (χ3n) is 5.53. The molecule has 0 fully saturated rings. The summed E-state index contributed by atoms with van der Waals surface area (Å²) >= 11 is 0. The first-order valence-corrected chi connectivity index (χ1v) is 12.4. The molecule has 0 atom stereocenters. The highest BCUT2D eigenvalue weighted by Gasteiger charge is 2.15. The van der Waals surface area contributed by atoms with Crippen LogP contribution in [-0.4, -0.2) is 43.8 Å². The molecule has 10 nitrogen and oxygen atoms in total. The van der Waals surface area contributed by atoms with Gasteiger partial charge in [-0.15, -0.1) is 0 Å². The van der Waals surface area contributed by atoms with E-state index in [1.54, 1.807) is 42.5 Å². The fraction of sp³-hybridized carbons (Fsp3) is 0.241. The highest BCUT2D eigenvalue weighted by molar-refractivity contribution is 6.39. The lowest BCUT2D eigenvalue weighted by Gasteiger charge is -2.14. The number of carbonyl (C=O) groups is 3. The van der Waals surface area contributed by atoms with Gasteiger partial charge in [-0.05, 0) is 80.8 Å². The summed E-state index contributed by atoms with van der Waals surface area (Å²) in [6.45, 7) is 8.13. The van der Waals surface area contributed by atoms with Crippen LogP contribution in [0, 0.1) is 13.8 Å². The second-order valence-electron chi connectivity index (χ2n) is 8.31. The lowest BCUT2D eigenvalue weighted by atomic mass is 10.1. The molecule has 10 heteroatoms. The number of rotatable bonds is 11. The first-order chi connectivity index (χ1) is 18.8. The van der Waals surface area contributed by atoms with Crippen LogP contribution >= 0.6 is 0 Å². The highest BCUT2D eigenvalue weighted by Crippen LogP contribution is 2.28. The minimum Gasteiger partial charge on any atom is -0.492 e. The molecule has 0 aliphatic heterocycles. The number of nitrogens with one attached hydrogen (secondary N) is 3. The van der Waals surface area contributed by atoms with Crippen LogP contribution in [0.4, 0.5) is 11.4 Å². The molecule has 0 unspecified atom stereocenters. The average molecular weight is 533 g/mol. The summed E-state index contributed by atoms with van der Waals surface area (Å²) in [4.78, 5) is 36.9. The van der Waals surface area contributed by atoms with E-state index in [0.29, 0.717) is 41.7 Å². The fourth-order valence-corrected chi connectivity index (χ4v) is 3.46. The van der Waals surface area contributed by atoms with E-state index in [0.717, 1.165) is 16.8 Å². The molecule has 3 aromatic carbocycles. The normalized spacial score (nSPS) is 10.6. The second kappa shape index (κ2) is 14.2. The van der Waals surface area contributed by atoms with Crippen molar-refractivity contribution in [1.29, 1.82) is 0 Å². The first-order valence-electron chi connectivity index (χ1n) is 12.4. The number of ether oxygens (including phenoxy) is 3. The predicted octanol–water partition coefficient (Wildman–Crippen LogP) is 4.21. The number of hydrazone groups is 1. The van der Waals surface area contributed by atoms with Gasteiger partial charge in [0.05, 0.1) is 25.1 Å². The maximum Gasteiger partial charge on any atom is 0.329 e. The fourth-order valence-electron chi connectivity index (χ4n) is 3.46. The average Bonchev–Trinajstić information content (AvgIpc) is 2.92. The van der Waals surface area contributed by atoms with Gasteiger partial charge in [0.25, 0.3) is 5.91 Å². The maximum atomic E-state index is 12.4. The zero-order chi connectivity index (χ0) is 28.2. The highest BCUT2D eigenvalue weighted by atomic mass is 16.5. The Kier molecular flexibility index (Phi) is 10.4. The topological polar surface area (TPSA) is 127 Å². The summed E-state index contributed by atoms with van der Waals surface area (Å²) in [5.41, 5.74) is 5.95. The monoisotopic (exact) mass is 532 g/mol. The molecule has 3 N–H and O–H groups in total. The van der Waals surface area contributed by atoms with Crippen molar-refractivity contribution in [2.45, 2.75) is 27.7 Å². The number of carbonyl (C=O) groups excluding carboxylic acids is 3. The largest absolute Gasteiger partial charge is 0.492 e. The van der Waals surface area contributed by atoms with E-state index < -0.39 is 11.8 Å². The molecule has 0 saturated carbocycles. The molecule has 0 heterocycles. The molecule has 0 aromatic heterocycles. The van der Waals surface area contributed by atoms with E-state index in [2.05, 4.69) is 21.2 Å². The van der Waals surface area contributed by atoms with E-state index >= 15 is 0 Å². The molecule has 204 valence electrons. The van der Waals surface area contributed by atoms with Crippen molar-refractivity contribution < 1.29 is 28.6 Å². The van der Waals surface area contributed by atoms with Crippen LogP contribution in [0.2, 0.25) is 0 Å². The molecule has 3 amide bonds. The summed E-state index contributed by atoms with van der Waals surface area (Å²) in [5.74, 6) is -0.909. The van der Waals surface area contributed by atoms with Crippen molar-refractivity contribution in [3.63, 3.8) is 0 Å². The SMILES string of the molecule is CCOc1ccccc1NC(=O)C(=O)N/N=C\c1ccc(OCC(=O)Nc2cccc(C)c2C)c(OCC)c1. The van der Waals surface area contributed by atoms with Gasteiger partial charge in [0, 0.05) is 5.69 Å². The standard InChI is InChI=1S/C29H32N4O6/c1-5-37-24-13-8-7-11-23(24)32-28(35)29(36)33-30-17-21-14-15-25(26(16-21)38-6-2)39-18-27(34)31-22-12-9-10-19(3)20(22)4/h7-17H,5-6,18H2,1-4H3,(H,31,34)(H,32,35)(H,33,36)/b30-17-. The van der Waals surface area contributed by atoms with Crippen molar-refractivity contribution in [2.24, 2.45) is 5.10 Å². The van der Waals surface area contributed by atoms with E-state index in [4.69, 9.17) is 14.2 Å². The van der Waals surface area contributed by atoms with Crippen LogP contribution < -0.4 is 30.3 Å². The predicted molar refractivity (Wildman–Crippen MR) is 150 cm³/mol. The number of nitrogens with zero attached hydrogens (tertiary/aromatic N) is 1. The lowest BCUT2D eigenvalue weighted by molar-refractivity contribution is -0.136. The van der Waals surface area contributed by atoms with Gasteiger partial charge < -0.3 is 24.8 Å². The zero-order valence-electron chi connectivity index (χ0n) is 22.4. The Balaban J connectivity index is 1.58. The Morgan fingerprint density at radius 3 is 2.26 bits per heavy atom. The molecule has 0 saturated heterocycles. The first kappa shape index (κ1) is 28.7. The minimum absolute atomic E-state index is 0.210. The van der Waals surface area contributed by atoms with Crippen LogP contribution in [0.3, 0.4) is 0 Å². The Bertz CT molecular complexity index is 1360. The number of anilines is 2. The van der Waals surface area contributed by atoms with Crippen molar-refractivity contribution >= 4 is 35.3 Å². The zero-order valence-corrected chi connectivity index (χ0v) is 22.4. The Morgan fingerprint density at radius 1 is 0.769 bits per heavy atom. The van der Waals surface area contributed by atoms with E-state index in [-0.39, 0.29) is 12.5 Å². The third-order valence-corrected chi connectivity index (χ3v) is 5.53. The van der Waals surface area contributed by atoms with Crippen molar-refractivity contribution in [3.05, 3.63) is 77.4 Å². The van der Waals surface area contributed by atoms with Crippen LogP contribution in [0.1, 0.15) is 30.5 Å². The number of hydrogen-bond donors (Lipinski definition) is 3. The van der Waals surface area contributed by atoms with E-state index in [9.17, 15) is 14.4 Å². The quantitative estimate of drug-likeness (QED) is 0.193. The summed E-state index contributed by atoms with van der Waals surface area (Å²) in [5, 5.41) is 9.21. The van der Waals surface area contributed by atoms with Crippen molar-refractivity contribution in [3.8, 4) is 17.2 Å². The Morgan fingerprint density at radius 2 is 1.49 bits per heavy atom. The number of benzene rings is 3. The molecular weight excluding hydrogens is 500 g/mol. The molecule has 0 bridgehead atoms. The van der Waals surface area contributed by atoms with Gasteiger partial charge in [-0.3, -0.25) is 14.4 Å². The molecule has 39 heavy (non-hydrogen) atoms. The van der Waals surface area contributed by atoms with Gasteiger partial charge in [-0.1, -0.05) is 24.3 Å². The summed E-state index contributed by atoms with van der Waals surface area (Å²) in [6.07, 6.45) is 1.36. The van der Waals surface area contributed by atoms with Gasteiger partial charge in [0.1, 0.15) is 5.75 Å². The third kappa shape index (κ3) is 8.32. The molecule has 3 rings (SSSR count). The van der Waals surface area contributed by atoms with Crippen LogP contribution in [0.25, 0.3) is 0 Å². The smallest absolute Gasteiger partial charge is 0.329 e. The second-order valence-corrected chi connectivity index (χ2v) is 8.31. The van der Waals surface area contributed by atoms with Crippen molar-refractivity contribution in [2.75, 3.05) is 30.5 Å². The summed E-state index contributed by atoms with van der Waals surface area (Å²) < 4.78 is 16.8. The summed E-state index contributed by atoms with van der Waals surface area (Å²) in [7, 11) is 0. The number of aryl methyl sites for hydroxylation is 1. The number of para-hydroxylation sites is 2. The Labute approximate surface area is 227 Å². The van der Waals surface area contributed by atoms with Crippen LogP contribution in [0.15, 0.2) is 65.8 Å². The van der Waals surface area contributed by atoms with Gasteiger partial charge in [0.2, 0.25) is 0 Å². The molecule has 3 aromatic rings. The van der Waals surface area contributed by atoms with Gasteiger partial charge in [-0.25, -0.2) is 5.43 Å². The maximum absolute atomic E-state index is 12.4. The molecular formula is C29H32N4O6. The number of hydrogen-bond acceptors (Lipinski definition) is 7. The van der Waals surface area contributed by atoms with Gasteiger partial charge in [0.15, 0.2) is 18.1 Å². The summed E-state index contributed by atoms with van der Waals surface area (Å²) in [6, 6.07) is 17.4. The molecule has 0 spiro atoms. The number of amides is 3. The molecule has 0 radical (unpaired) electrons. The molecule has 0 aliphatic carbocycles. The minimum atomic E-state index is -0.947.